The van der Waals surface area contributed by atoms with E-state index in [1.165, 1.54) is 29.1 Å². The Morgan fingerprint density at radius 2 is 1.87 bits per heavy atom. The maximum atomic E-state index is 13.1. The molecule has 2 N–H and O–H groups in total. The molecule has 2 amide bonds. The molecule has 31 heavy (non-hydrogen) atoms. The van der Waals surface area contributed by atoms with Gasteiger partial charge in [0.2, 0.25) is 0 Å². The molecule has 3 aromatic rings. The lowest BCUT2D eigenvalue weighted by Gasteiger charge is -2.16. The van der Waals surface area contributed by atoms with Crippen molar-refractivity contribution >= 4 is 74.1 Å². The van der Waals surface area contributed by atoms with E-state index in [4.69, 9.17) is 39.5 Å². The van der Waals surface area contributed by atoms with E-state index in [0.717, 1.165) is 0 Å². The summed E-state index contributed by atoms with van der Waals surface area (Å²) in [7, 11) is 0. The molecular formula is C19H15BrCl3N5O3. The first-order valence-corrected chi connectivity index (χ1v) is 10.7. The monoisotopic (exact) mass is 545 g/mol. The van der Waals surface area contributed by atoms with Crippen LogP contribution >= 0.6 is 50.7 Å². The number of nitrogens with zero attached hydrogens (tertiary/aromatic N) is 3. The molecule has 0 radical (unpaired) electrons. The Morgan fingerprint density at radius 1 is 1.13 bits per heavy atom. The molecule has 0 fully saturated rings. The van der Waals surface area contributed by atoms with Gasteiger partial charge in [0, 0.05) is 17.3 Å². The highest BCUT2D eigenvalue weighted by atomic mass is 79.9. The van der Waals surface area contributed by atoms with Crippen LogP contribution in [0.3, 0.4) is 0 Å². The van der Waals surface area contributed by atoms with Gasteiger partial charge in [-0.25, -0.2) is 14.5 Å². The molecule has 3 rings (SSSR count). The Labute approximate surface area is 201 Å². The number of amides is 2. The number of ether oxygens (including phenoxy) is 1. The largest absolute Gasteiger partial charge is 0.447 e. The van der Waals surface area contributed by atoms with Crippen molar-refractivity contribution in [1.29, 1.82) is 0 Å². The molecule has 0 saturated carbocycles. The van der Waals surface area contributed by atoms with Crippen molar-refractivity contribution in [3.05, 3.63) is 61.9 Å². The van der Waals surface area contributed by atoms with Gasteiger partial charge in [0.15, 0.2) is 5.82 Å². The summed E-state index contributed by atoms with van der Waals surface area (Å²) in [5.41, 5.74) is 0.416. The smallest absolute Gasteiger partial charge is 0.411 e. The lowest BCUT2D eigenvalue weighted by atomic mass is 10.2. The fourth-order valence-electron chi connectivity index (χ4n) is 2.54. The Morgan fingerprint density at radius 3 is 2.55 bits per heavy atom. The van der Waals surface area contributed by atoms with E-state index < -0.39 is 12.0 Å². The summed E-state index contributed by atoms with van der Waals surface area (Å²) < 4.78 is 6.75. The van der Waals surface area contributed by atoms with Crippen LogP contribution < -0.4 is 10.6 Å². The molecule has 0 saturated heterocycles. The topological polar surface area (TPSA) is 98.1 Å². The zero-order valence-electron chi connectivity index (χ0n) is 16.1. The first-order chi connectivity index (χ1) is 14.7. The lowest BCUT2D eigenvalue weighted by molar-refractivity contribution is 0.101. The Hall–Kier alpha value is -2.33. The molecule has 1 aromatic carbocycles. The van der Waals surface area contributed by atoms with Crippen LogP contribution in [0.15, 0.2) is 41.1 Å². The van der Waals surface area contributed by atoms with Crippen molar-refractivity contribution in [1.82, 2.24) is 14.8 Å². The lowest BCUT2D eigenvalue weighted by Crippen LogP contribution is -2.21. The van der Waals surface area contributed by atoms with Crippen LogP contribution in [0.1, 0.15) is 24.3 Å². The second-order valence-corrected chi connectivity index (χ2v) is 8.48. The van der Waals surface area contributed by atoms with Crippen LogP contribution in [0, 0.1) is 0 Å². The number of anilines is 2. The van der Waals surface area contributed by atoms with E-state index in [1.807, 2.05) is 0 Å². The van der Waals surface area contributed by atoms with E-state index >= 15 is 0 Å². The average Bonchev–Trinajstić information content (AvgIpc) is 3.05. The molecular weight excluding hydrogens is 533 g/mol. The Kier molecular flexibility index (Phi) is 7.42. The number of pyridine rings is 1. The number of nitrogens with one attached hydrogen (secondary N) is 2. The summed E-state index contributed by atoms with van der Waals surface area (Å²) in [5.74, 6) is -0.314. The van der Waals surface area contributed by atoms with Gasteiger partial charge >= 0.3 is 6.09 Å². The predicted octanol–water partition coefficient (Wildman–Crippen LogP) is 6.20. The number of hydrogen-bond donors (Lipinski definition) is 2. The first-order valence-electron chi connectivity index (χ1n) is 8.80. The van der Waals surface area contributed by atoms with Gasteiger partial charge in [0.25, 0.3) is 5.91 Å². The van der Waals surface area contributed by atoms with Crippen LogP contribution in [0.4, 0.5) is 16.2 Å². The number of carbonyl (C=O) groups is 2. The zero-order chi connectivity index (χ0) is 22.7. The van der Waals surface area contributed by atoms with Gasteiger partial charge in [0.1, 0.15) is 10.3 Å². The van der Waals surface area contributed by atoms with E-state index in [-0.39, 0.29) is 39.0 Å². The van der Waals surface area contributed by atoms with Crippen molar-refractivity contribution in [2.45, 2.75) is 20.0 Å². The molecule has 12 heteroatoms. The summed E-state index contributed by atoms with van der Waals surface area (Å²) in [5, 5.41) is 10.1. The van der Waals surface area contributed by atoms with Crippen LogP contribution in [0.2, 0.25) is 15.1 Å². The van der Waals surface area contributed by atoms with E-state index in [1.54, 1.807) is 26.0 Å². The maximum absolute atomic E-state index is 13.1. The minimum absolute atomic E-state index is 0.113. The molecule has 0 aliphatic rings. The molecule has 2 aromatic heterocycles. The number of halogens is 4. The summed E-state index contributed by atoms with van der Waals surface area (Å²) in [6.45, 7) is 3.41. The van der Waals surface area contributed by atoms with E-state index in [0.29, 0.717) is 9.63 Å². The van der Waals surface area contributed by atoms with Gasteiger partial charge in [0.05, 0.1) is 27.5 Å². The normalized spacial score (nSPS) is 10.8. The molecule has 2 heterocycles. The van der Waals surface area contributed by atoms with Crippen LogP contribution in [0.5, 0.6) is 0 Å². The van der Waals surface area contributed by atoms with E-state index in [2.05, 4.69) is 36.6 Å². The van der Waals surface area contributed by atoms with E-state index in [9.17, 15) is 9.59 Å². The molecule has 8 nitrogen and oxygen atoms in total. The summed E-state index contributed by atoms with van der Waals surface area (Å²) in [6, 6.07) is 7.64. The molecule has 0 aliphatic heterocycles. The second-order valence-electron chi connectivity index (χ2n) is 6.42. The first kappa shape index (κ1) is 23.3. The third kappa shape index (κ3) is 5.68. The predicted molar refractivity (Wildman–Crippen MR) is 124 cm³/mol. The number of rotatable bonds is 5. The minimum Gasteiger partial charge on any atom is -0.447 e. The summed E-state index contributed by atoms with van der Waals surface area (Å²) in [4.78, 5) is 29.3. The number of hydrogen-bond acceptors (Lipinski definition) is 5. The average molecular weight is 548 g/mol. The molecule has 162 valence electrons. The summed E-state index contributed by atoms with van der Waals surface area (Å²) >= 11 is 21.8. The van der Waals surface area contributed by atoms with Crippen molar-refractivity contribution < 1.29 is 14.3 Å². The van der Waals surface area contributed by atoms with Crippen molar-refractivity contribution in [3.8, 4) is 5.82 Å². The van der Waals surface area contributed by atoms with Crippen LogP contribution in [0.25, 0.3) is 5.82 Å². The van der Waals surface area contributed by atoms with Gasteiger partial charge in [-0.2, -0.15) is 5.10 Å². The third-order valence-electron chi connectivity index (χ3n) is 3.72. The highest BCUT2D eigenvalue weighted by molar-refractivity contribution is 9.10. The second kappa shape index (κ2) is 9.86. The fourth-order valence-corrected chi connectivity index (χ4v) is 3.66. The highest BCUT2D eigenvalue weighted by Crippen LogP contribution is 2.35. The third-order valence-corrected chi connectivity index (χ3v) is 4.92. The number of benzene rings is 1. The summed E-state index contributed by atoms with van der Waals surface area (Å²) in [6.07, 6.45) is 0.455. The molecule has 0 atom stereocenters. The van der Waals surface area contributed by atoms with Gasteiger partial charge in [-0.05, 0) is 54.0 Å². The molecule has 0 bridgehead atoms. The molecule has 0 spiro atoms. The van der Waals surface area contributed by atoms with Gasteiger partial charge in [-0.15, -0.1) is 0 Å². The minimum atomic E-state index is -0.725. The SMILES string of the molecule is CC(C)OC(=O)Nc1cc(Cl)cc(Cl)c1NC(=O)c1cc(Br)nn1-c1ncccc1Cl. The Balaban J connectivity index is 1.96. The quantitative estimate of drug-likeness (QED) is 0.396. The highest BCUT2D eigenvalue weighted by Gasteiger charge is 2.22. The van der Waals surface area contributed by atoms with Crippen LogP contribution in [-0.4, -0.2) is 32.9 Å². The van der Waals surface area contributed by atoms with Gasteiger partial charge in [-0.1, -0.05) is 34.8 Å². The Bertz CT molecular complexity index is 1150. The molecule has 0 unspecified atom stereocenters. The van der Waals surface area contributed by atoms with Crippen molar-refractivity contribution in [2.24, 2.45) is 0 Å². The van der Waals surface area contributed by atoms with Crippen molar-refractivity contribution in [3.63, 3.8) is 0 Å². The van der Waals surface area contributed by atoms with Crippen LogP contribution in [-0.2, 0) is 4.74 Å². The zero-order valence-corrected chi connectivity index (χ0v) is 20.0. The fraction of sp³-hybridized carbons (Fsp3) is 0.158. The molecule has 0 aliphatic carbocycles. The van der Waals surface area contributed by atoms with Crippen molar-refractivity contribution in [2.75, 3.05) is 10.6 Å². The standard InChI is InChI=1S/C19H15BrCl3N5O3/c1-9(2)31-19(30)25-13-7-10(21)6-12(23)16(13)26-18(29)14-8-15(20)27-28(14)17-11(22)4-3-5-24-17/h3-9H,1-2H3,(H,25,30)(H,26,29). The van der Waals surface area contributed by atoms with Gasteiger partial charge < -0.3 is 10.1 Å². The van der Waals surface area contributed by atoms with Gasteiger partial charge in [-0.3, -0.25) is 10.1 Å². The number of aromatic nitrogens is 3. The maximum Gasteiger partial charge on any atom is 0.411 e. The number of carbonyl (C=O) groups excluding carboxylic acids is 2.